The lowest BCUT2D eigenvalue weighted by atomic mass is 10.2. The molecule has 1 aliphatic rings. The van der Waals surface area contributed by atoms with Crippen molar-refractivity contribution >= 4 is 11.6 Å². The Kier molecular flexibility index (Phi) is 5.25. The Bertz CT molecular complexity index is 499. The third kappa shape index (κ3) is 4.88. The molecule has 0 radical (unpaired) electrons. The lowest BCUT2D eigenvalue weighted by Gasteiger charge is -2.31. The summed E-state index contributed by atoms with van der Waals surface area (Å²) in [4.78, 5) is 14.1. The van der Waals surface area contributed by atoms with E-state index in [1.807, 2.05) is 4.90 Å². The van der Waals surface area contributed by atoms with E-state index < -0.39 is 6.36 Å². The Morgan fingerprint density at radius 1 is 1.27 bits per heavy atom. The Morgan fingerprint density at radius 3 is 2.41 bits per heavy atom. The van der Waals surface area contributed by atoms with Crippen LogP contribution in [0.5, 0.6) is 5.75 Å². The Labute approximate surface area is 126 Å². The number of hydrogen-bond donors (Lipinski definition) is 1. The Balaban J connectivity index is 1.91. The molecule has 1 aromatic rings. The summed E-state index contributed by atoms with van der Waals surface area (Å²) >= 11 is 0. The second-order valence-corrected chi connectivity index (χ2v) is 4.89. The van der Waals surface area contributed by atoms with Crippen LogP contribution in [0.1, 0.15) is 6.92 Å². The summed E-state index contributed by atoms with van der Waals surface area (Å²) < 4.78 is 45.2. The van der Waals surface area contributed by atoms with Crippen LogP contribution in [0.25, 0.3) is 0 Å². The average Bonchev–Trinajstić information content (AvgIpc) is 2.48. The third-order valence-corrected chi connectivity index (χ3v) is 3.33. The van der Waals surface area contributed by atoms with E-state index in [1.54, 1.807) is 6.92 Å². The molecule has 0 aliphatic carbocycles. The first-order valence-corrected chi connectivity index (χ1v) is 6.83. The monoisotopic (exact) mass is 318 g/mol. The molecule has 1 fully saturated rings. The SMILES string of the molecule is CC(C(=O)Nc1ccc(OC(F)(F)F)cc1)N1CCOCC1. The van der Waals surface area contributed by atoms with Gasteiger partial charge >= 0.3 is 6.36 Å². The van der Waals surface area contributed by atoms with E-state index in [-0.39, 0.29) is 17.7 Å². The van der Waals surface area contributed by atoms with Crippen molar-refractivity contribution in [1.82, 2.24) is 4.90 Å². The number of carbonyl (C=O) groups is 1. The van der Waals surface area contributed by atoms with Gasteiger partial charge in [0.1, 0.15) is 5.75 Å². The van der Waals surface area contributed by atoms with Crippen molar-refractivity contribution in [3.63, 3.8) is 0 Å². The fourth-order valence-corrected chi connectivity index (χ4v) is 2.12. The van der Waals surface area contributed by atoms with Gasteiger partial charge in [0.05, 0.1) is 19.3 Å². The summed E-state index contributed by atoms with van der Waals surface area (Å²) in [5.74, 6) is -0.543. The molecule has 0 spiro atoms. The predicted molar refractivity (Wildman–Crippen MR) is 73.6 cm³/mol. The zero-order valence-electron chi connectivity index (χ0n) is 12.0. The van der Waals surface area contributed by atoms with Crippen molar-refractivity contribution in [3.05, 3.63) is 24.3 Å². The van der Waals surface area contributed by atoms with E-state index in [0.717, 1.165) is 12.1 Å². The molecule has 0 bridgehead atoms. The maximum atomic E-state index is 12.1. The smallest absolute Gasteiger partial charge is 0.406 e. The van der Waals surface area contributed by atoms with E-state index in [4.69, 9.17) is 4.74 Å². The molecule has 122 valence electrons. The van der Waals surface area contributed by atoms with Crippen LogP contribution in [0.15, 0.2) is 24.3 Å². The van der Waals surface area contributed by atoms with Gasteiger partial charge in [-0.2, -0.15) is 0 Å². The fraction of sp³-hybridized carbons (Fsp3) is 0.500. The second kappa shape index (κ2) is 6.97. The summed E-state index contributed by atoms with van der Waals surface area (Å²) in [6, 6.07) is 4.70. The molecule has 1 aliphatic heterocycles. The van der Waals surface area contributed by atoms with Gasteiger partial charge in [-0.25, -0.2) is 0 Å². The lowest BCUT2D eigenvalue weighted by Crippen LogP contribution is -2.47. The van der Waals surface area contributed by atoms with Gasteiger partial charge in [0, 0.05) is 18.8 Å². The molecule has 1 aromatic carbocycles. The largest absolute Gasteiger partial charge is 0.573 e. The number of nitrogens with zero attached hydrogens (tertiary/aromatic N) is 1. The number of anilines is 1. The molecule has 0 aromatic heterocycles. The van der Waals surface area contributed by atoms with Crippen molar-refractivity contribution in [3.8, 4) is 5.75 Å². The van der Waals surface area contributed by atoms with Crippen LogP contribution >= 0.6 is 0 Å². The number of nitrogens with one attached hydrogen (secondary N) is 1. The number of ether oxygens (including phenoxy) is 2. The molecule has 0 saturated carbocycles. The van der Waals surface area contributed by atoms with Crippen LogP contribution in [0.2, 0.25) is 0 Å². The number of rotatable bonds is 4. The first kappa shape index (κ1) is 16.6. The normalized spacial score (nSPS) is 17.8. The molecule has 1 unspecified atom stereocenters. The summed E-state index contributed by atoms with van der Waals surface area (Å²) in [6.45, 7) is 4.30. The minimum Gasteiger partial charge on any atom is -0.406 e. The quantitative estimate of drug-likeness (QED) is 0.925. The van der Waals surface area contributed by atoms with E-state index >= 15 is 0 Å². The van der Waals surface area contributed by atoms with E-state index in [9.17, 15) is 18.0 Å². The van der Waals surface area contributed by atoms with E-state index in [1.165, 1.54) is 12.1 Å². The van der Waals surface area contributed by atoms with Crippen molar-refractivity contribution in [2.24, 2.45) is 0 Å². The number of halogens is 3. The zero-order valence-corrected chi connectivity index (χ0v) is 12.0. The molecule has 5 nitrogen and oxygen atoms in total. The first-order valence-electron chi connectivity index (χ1n) is 6.83. The number of hydrogen-bond acceptors (Lipinski definition) is 4. The molecular formula is C14H17F3N2O3. The van der Waals surface area contributed by atoms with E-state index in [0.29, 0.717) is 32.0 Å². The second-order valence-electron chi connectivity index (χ2n) is 4.89. The summed E-state index contributed by atoms with van der Waals surface area (Å²) in [5.41, 5.74) is 0.416. The van der Waals surface area contributed by atoms with Gasteiger partial charge in [-0.05, 0) is 31.2 Å². The molecule has 22 heavy (non-hydrogen) atoms. The lowest BCUT2D eigenvalue weighted by molar-refractivity contribution is -0.274. The number of benzene rings is 1. The van der Waals surface area contributed by atoms with Crippen LogP contribution in [-0.4, -0.2) is 49.5 Å². The highest BCUT2D eigenvalue weighted by Gasteiger charge is 2.31. The third-order valence-electron chi connectivity index (χ3n) is 3.33. The van der Waals surface area contributed by atoms with Gasteiger partial charge < -0.3 is 14.8 Å². The highest BCUT2D eigenvalue weighted by molar-refractivity contribution is 5.94. The van der Waals surface area contributed by atoms with Crippen LogP contribution < -0.4 is 10.1 Å². The molecule has 8 heteroatoms. The van der Waals surface area contributed by atoms with Crippen LogP contribution in [0.3, 0.4) is 0 Å². The molecular weight excluding hydrogens is 301 g/mol. The number of morpholine rings is 1. The van der Waals surface area contributed by atoms with Crippen molar-refractivity contribution in [2.45, 2.75) is 19.3 Å². The molecule has 1 heterocycles. The minimum absolute atomic E-state index is 0.216. The zero-order chi connectivity index (χ0) is 16.2. The van der Waals surface area contributed by atoms with Crippen LogP contribution in [0.4, 0.5) is 18.9 Å². The van der Waals surface area contributed by atoms with Crippen molar-refractivity contribution in [2.75, 3.05) is 31.6 Å². The summed E-state index contributed by atoms with van der Waals surface area (Å²) in [6.07, 6.45) is -4.73. The van der Waals surface area contributed by atoms with Crippen molar-refractivity contribution < 1.29 is 27.4 Å². The highest BCUT2D eigenvalue weighted by atomic mass is 19.4. The number of alkyl halides is 3. The van der Waals surface area contributed by atoms with Crippen LogP contribution in [-0.2, 0) is 9.53 Å². The summed E-state index contributed by atoms with van der Waals surface area (Å²) in [5, 5.41) is 2.67. The van der Waals surface area contributed by atoms with Gasteiger partial charge in [-0.1, -0.05) is 0 Å². The molecule has 1 N–H and O–H groups in total. The van der Waals surface area contributed by atoms with Crippen molar-refractivity contribution in [1.29, 1.82) is 0 Å². The van der Waals surface area contributed by atoms with E-state index in [2.05, 4.69) is 10.1 Å². The fourth-order valence-electron chi connectivity index (χ4n) is 2.12. The number of amides is 1. The average molecular weight is 318 g/mol. The standard InChI is InChI=1S/C14H17F3N2O3/c1-10(19-6-8-21-9-7-19)13(20)18-11-2-4-12(5-3-11)22-14(15,16)17/h2-5,10H,6-9H2,1H3,(H,18,20). The first-order chi connectivity index (χ1) is 10.3. The van der Waals surface area contributed by atoms with Gasteiger partial charge in [0.25, 0.3) is 0 Å². The minimum atomic E-state index is -4.73. The van der Waals surface area contributed by atoms with Gasteiger partial charge in [-0.15, -0.1) is 13.2 Å². The summed E-state index contributed by atoms with van der Waals surface area (Å²) in [7, 11) is 0. The van der Waals surface area contributed by atoms with Gasteiger partial charge in [0.15, 0.2) is 0 Å². The molecule has 1 saturated heterocycles. The maximum Gasteiger partial charge on any atom is 0.573 e. The Morgan fingerprint density at radius 2 is 1.86 bits per heavy atom. The predicted octanol–water partition coefficient (Wildman–Crippen LogP) is 2.24. The topological polar surface area (TPSA) is 50.8 Å². The highest BCUT2D eigenvalue weighted by Crippen LogP contribution is 2.24. The Hall–Kier alpha value is -1.80. The van der Waals surface area contributed by atoms with Gasteiger partial charge in [0.2, 0.25) is 5.91 Å². The molecule has 2 rings (SSSR count). The van der Waals surface area contributed by atoms with Gasteiger partial charge in [-0.3, -0.25) is 9.69 Å². The number of carbonyl (C=O) groups excluding carboxylic acids is 1. The van der Waals surface area contributed by atoms with Crippen LogP contribution in [0, 0.1) is 0 Å². The maximum absolute atomic E-state index is 12.1. The molecule has 1 atom stereocenters. The molecule has 1 amide bonds.